The number of amides is 1. The molecule has 0 saturated heterocycles. The van der Waals surface area contributed by atoms with E-state index < -0.39 is 5.82 Å². The molecule has 0 aromatic heterocycles. The molecule has 0 saturated carbocycles. The minimum Gasteiger partial charge on any atom is -0.384 e. The number of benzene rings is 1. The molecule has 0 radical (unpaired) electrons. The highest BCUT2D eigenvalue weighted by molar-refractivity contribution is 5.94. The Labute approximate surface area is 119 Å². The van der Waals surface area contributed by atoms with E-state index in [-0.39, 0.29) is 18.1 Å². The van der Waals surface area contributed by atoms with E-state index in [0.29, 0.717) is 18.7 Å². The molecule has 0 heterocycles. The van der Waals surface area contributed by atoms with Gasteiger partial charge in [-0.25, -0.2) is 4.39 Å². The van der Waals surface area contributed by atoms with Gasteiger partial charge in [0.05, 0.1) is 5.56 Å². The number of halogens is 1. The maximum Gasteiger partial charge on any atom is 0.253 e. The Kier molecular flexibility index (Phi) is 6.75. The van der Waals surface area contributed by atoms with Crippen LogP contribution in [0.25, 0.3) is 0 Å². The Morgan fingerprint density at radius 2 is 2.15 bits per heavy atom. The molecule has 1 aromatic carbocycles. The third-order valence-corrected chi connectivity index (χ3v) is 2.97. The lowest BCUT2D eigenvalue weighted by atomic mass is 10.1. The van der Waals surface area contributed by atoms with Crippen LogP contribution in [0.3, 0.4) is 0 Å². The number of hydrogen-bond acceptors (Lipinski definition) is 2. The summed E-state index contributed by atoms with van der Waals surface area (Å²) in [4.78, 5) is 13.9. The second-order valence-electron chi connectivity index (χ2n) is 4.39. The van der Waals surface area contributed by atoms with Crippen molar-refractivity contribution in [1.82, 2.24) is 4.90 Å². The zero-order valence-electron chi connectivity index (χ0n) is 11.9. The molecule has 1 N–H and O–H groups in total. The maximum atomic E-state index is 13.8. The maximum absolute atomic E-state index is 13.8. The van der Waals surface area contributed by atoms with Crippen LogP contribution in [-0.2, 0) is 0 Å². The van der Waals surface area contributed by atoms with Gasteiger partial charge in [0.2, 0.25) is 0 Å². The van der Waals surface area contributed by atoms with Crippen LogP contribution >= 0.6 is 0 Å². The van der Waals surface area contributed by atoms with Crippen molar-refractivity contribution < 1.29 is 14.3 Å². The van der Waals surface area contributed by atoms with Crippen LogP contribution < -0.4 is 0 Å². The smallest absolute Gasteiger partial charge is 0.253 e. The van der Waals surface area contributed by atoms with Gasteiger partial charge >= 0.3 is 0 Å². The summed E-state index contributed by atoms with van der Waals surface area (Å²) in [6.07, 6.45) is 1.94. The van der Waals surface area contributed by atoms with Crippen molar-refractivity contribution in [3.63, 3.8) is 0 Å². The van der Waals surface area contributed by atoms with Gasteiger partial charge in [0.25, 0.3) is 5.91 Å². The van der Waals surface area contributed by atoms with Gasteiger partial charge in [0, 0.05) is 18.7 Å². The lowest BCUT2D eigenvalue weighted by Gasteiger charge is -2.20. The lowest BCUT2D eigenvalue weighted by molar-refractivity contribution is 0.0762. The molecule has 0 atom stereocenters. The molecule has 0 spiro atoms. The molecule has 0 aliphatic heterocycles. The van der Waals surface area contributed by atoms with Crippen molar-refractivity contribution >= 4 is 5.91 Å². The summed E-state index contributed by atoms with van der Waals surface area (Å²) in [6, 6.07) is 4.25. The third kappa shape index (κ3) is 4.36. The summed E-state index contributed by atoms with van der Waals surface area (Å²) in [5, 5.41) is 8.59. The first-order valence-electron chi connectivity index (χ1n) is 6.82. The fraction of sp³-hybridized carbons (Fsp3) is 0.438. The monoisotopic (exact) mass is 277 g/mol. The Balaban J connectivity index is 2.90. The Bertz CT molecular complexity index is 517. The highest BCUT2D eigenvalue weighted by Gasteiger charge is 2.15. The highest BCUT2D eigenvalue weighted by Crippen LogP contribution is 2.12. The van der Waals surface area contributed by atoms with Crippen LogP contribution in [0.5, 0.6) is 0 Å². The number of carbonyl (C=O) groups excluding carboxylic acids is 1. The van der Waals surface area contributed by atoms with E-state index in [4.69, 9.17) is 5.11 Å². The van der Waals surface area contributed by atoms with E-state index >= 15 is 0 Å². The Morgan fingerprint density at radius 1 is 1.40 bits per heavy atom. The highest BCUT2D eigenvalue weighted by atomic mass is 19.1. The average molecular weight is 277 g/mol. The van der Waals surface area contributed by atoms with Crippen molar-refractivity contribution in [2.45, 2.75) is 26.7 Å². The van der Waals surface area contributed by atoms with E-state index in [1.807, 2.05) is 6.92 Å². The van der Waals surface area contributed by atoms with Crippen molar-refractivity contribution in [1.29, 1.82) is 0 Å². The largest absolute Gasteiger partial charge is 0.384 e. The van der Waals surface area contributed by atoms with Gasteiger partial charge in [-0.2, -0.15) is 0 Å². The first kappa shape index (κ1) is 16.2. The van der Waals surface area contributed by atoms with Crippen molar-refractivity contribution in [2.75, 3.05) is 19.7 Å². The fourth-order valence-corrected chi connectivity index (χ4v) is 1.82. The fourth-order valence-electron chi connectivity index (χ4n) is 1.82. The van der Waals surface area contributed by atoms with E-state index in [0.717, 1.165) is 12.8 Å². The van der Waals surface area contributed by atoms with Crippen LogP contribution in [-0.4, -0.2) is 35.6 Å². The van der Waals surface area contributed by atoms with Crippen LogP contribution in [0.15, 0.2) is 18.2 Å². The van der Waals surface area contributed by atoms with Gasteiger partial charge in [0.1, 0.15) is 12.4 Å². The molecule has 1 rings (SSSR count). The number of unbranched alkanes of at least 4 members (excludes halogenated alkanes) is 1. The van der Waals surface area contributed by atoms with Crippen LogP contribution in [0.4, 0.5) is 4.39 Å². The molecule has 4 heteroatoms. The summed E-state index contributed by atoms with van der Waals surface area (Å²) in [6.45, 7) is 4.93. The zero-order valence-corrected chi connectivity index (χ0v) is 11.9. The van der Waals surface area contributed by atoms with Crippen molar-refractivity contribution in [2.24, 2.45) is 0 Å². The predicted octanol–water partition coefficient (Wildman–Crippen LogP) is 2.43. The molecule has 0 aliphatic carbocycles. The SMILES string of the molecule is CCCCN(CC)C(=O)c1ccc(C#CCO)c(F)c1. The molecule has 0 fully saturated rings. The Morgan fingerprint density at radius 3 is 2.70 bits per heavy atom. The van der Waals surface area contributed by atoms with Gasteiger partial charge in [-0.1, -0.05) is 25.2 Å². The summed E-state index contributed by atoms with van der Waals surface area (Å²) in [5.74, 6) is 4.19. The van der Waals surface area contributed by atoms with Gasteiger partial charge in [0.15, 0.2) is 0 Å². The summed E-state index contributed by atoms with van der Waals surface area (Å²) >= 11 is 0. The number of carbonyl (C=O) groups is 1. The van der Waals surface area contributed by atoms with Crippen molar-refractivity contribution in [3.8, 4) is 11.8 Å². The average Bonchev–Trinajstić information content (AvgIpc) is 2.46. The number of aliphatic hydroxyl groups is 1. The van der Waals surface area contributed by atoms with E-state index in [1.165, 1.54) is 12.1 Å². The lowest BCUT2D eigenvalue weighted by Crippen LogP contribution is -2.31. The summed E-state index contributed by atoms with van der Waals surface area (Å²) < 4.78 is 13.8. The van der Waals surface area contributed by atoms with E-state index in [1.54, 1.807) is 11.0 Å². The number of aliphatic hydroxyl groups excluding tert-OH is 1. The summed E-state index contributed by atoms with van der Waals surface area (Å²) in [7, 11) is 0. The Hall–Kier alpha value is -1.86. The predicted molar refractivity (Wildman–Crippen MR) is 76.8 cm³/mol. The van der Waals surface area contributed by atoms with Crippen molar-refractivity contribution in [3.05, 3.63) is 35.1 Å². The number of nitrogens with zero attached hydrogens (tertiary/aromatic N) is 1. The molecule has 108 valence electrons. The quantitative estimate of drug-likeness (QED) is 0.840. The number of hydrogen-bond donors (Lipinski definition) is 1. The molecule has 0 bridgehead atoms. The van der Waals surface area contributed by atoms with E-state index in [9.17, 15) is 9.18 Å². The summed E-state index contributed by atoms with van der Waals surface area (Å²) in [5.41, 5.74) is 0.516. The molecule has 1 amide bonds. The molecule has 20 heavy (non-hydrogen) atoms. The first-order valence-corrected chi connectivity index (χ1v) is 6.82. The first-order chi connectivity index (χ1) is 9.63. The van der Waals surface area contributed by atoms with E-state index in [2.05, 4.69) is 18.8 Å². The molecule has 0 unspecified atom stereocenters. The molecular weight excluding hydrogens is 257 g/mol. The van der Waals surface area contributed by atoms with Gasteiger partial charge < -0.3 is 10.0 Å². The molecule has 0 aliphatic rings. The van der Waals surface area contributed by atoms with Gasteiger partial charge in [-0.15, -0.1) is 0 Å². The normalized spacial score (nSPS) is 9.80. The minimum absolute atomic E-state index is 0.165. The third-order valence-electron chi connectivity index (χ3n) is 2.97. The zero-order chi connectivity index (χ0) is 15.0. The standard InChI is InChI=1S/C16H20FNO2/c1-3-5-10-18(4-2)16(20)14-9-8-13(7-6-11-19)15(17)12-14/h8-9,12,19H,3-5,10-11H2,1-2H3. The second-order valence-corrected chi connectivity index (χ2v) is 4.39. The van der Waals surface area contributed by atoms with Crippen LogP contribution in [0.1, 0.15) is 42.6 Å². The minimum atomic E-state index is -0.539. The molecular formula is C16H20FNO2. The van der Waals surface area contributed by atoms with Gasteiger partial charge in [-0.3, -0.25) is 4.79 Å². The second kappa shape index (κ2) is 8.34. The van der Waals surface area contributed by atoms with Crippen LogP contribution in [0.2, 0.25) is 0 Å². The number of rotatable bonds is 5. The van der Waals surface area contributed by atoms with Crippen LogP contribution in [0, 0.1) is 17.7 Å². The molecule has 1 aromatic rings. The van der Waals surface area contributed by atoms with Gasteiger partial charge in [-0.05, 0) is 31.5 Å². The topological polar surface area (TPSA) is 40.5 Å². The molecule has 3 nitrogen and oxygen atoms in total.